The molecule has 3 heteroatoms. The van der Waals surface area contributed by atoms with Gasteiger partial charge in [0.05, 0.1) is 0 Å². The molecule has 0 amide bonds. The van der Waals surface area contributed by atoms with Crippen LogP contribution in [0, 0.1) is 35.2 Å². The van der Waals surface area contributed by atoms with E-state index in [9.17, 15) is 8.78 Å². The molecule has 1 unspecified atom stereocenters. The lowest BCUT2D eigenvalue weighted by molar-refractivity contribution is 0.182. The van der Waals surface area contributed by atoms with Crippen LogP contribution in [-0.4, -0.2) is 0 Å². The molecule has 1 fully saturated rings. The number of halogens is 3. The van der Waals surface area contributed by atoms with E-state index in [1.165, 1.54) is 57.1 Å². The second-order valence-corrected chi connectivity index (χ2v) is 9.09. The van der Waals surface area contributed by atoms with E-state index in [0.29, 0.717) is 17.9 Å². The molecule has 156 valence electrons. The fraction of sp³-hybridized carbons (Fsp3) is 0.538. The summed E-state index contributed by atoms with van der Waals surface area (Å²) < 4.78 is 43.0. The molecule has 0 radical (unpaired) electrons. The van der Waals surface area contributed by atoms with Crippen LogP contribution in [0.25, 0.3) is 11.1 Å². The van der Waals surface area contributed by atoms with E-state index in [0.717, 1.165) is 36.3 Å². The van der Waals surface area contributed by atoms with Gasteiger partial charge in [-0.25, -0.2) is 13.2 Å². The summed E-state index contributed by atoms with van der Waals surface area (Å²) in [4.78, 5) is 0. The Labute approximate surface area is 172 Å². The molecule has 1 atom stereocenters. The molecule has 2 aliphatic rings. The van der Waals surface area contributed by atoms with Gasteiger partial charge in [-0.2, -0.15) is 0 Å². The van der Waals surface area contributed by atoms with Crippen molar-refractivity contribution in [3.05, 3.63) is 58.9 Å². The zero-order valence-corrected chi connectivity index (χ0v) is 17.3. The van der Waals surface area contributed by atoms with Crippen molar-refractivity contribution in [3.8, 4) is 11.1 Å². The lowest BCUT2D eigenvalue weighted by Gasteiger charge is -2.36. The van der Waals surface area contributed by atoms with E-state index in [1.54, 1.807) is 6.07 Å². The third kappa shape index (κ3) is 4.25. The van der Waals surface area contributed by atoms with Crippen molar-refractivity contribution in [2.45, 2.75) is 71.1 Å². The molecule has 29 heavy (non-hydrogen) atoms. The summed E-state index contributed by atoms with van der Waals surface area (Å²) in [5.41, 5.74) is 1.96. The van der Waals surface area contributed by atoms with Crippen LogP contribution >= 0.6 is 0 Å². The molecule has 4 rings (SSSR count). The highest BCUT2D eigenvalue weighted by molar-refractivity contribution is 5.67. The van der Waals surface area contributed by atoms with Gasteiger partial charge >= 0.3 is 0 Å². The molecule has 2 aliphatic carbocycles. The summed E-state index contributed by atoms with van der Waals surface area (Å²) in [5, 5.41) is 0. The van der Waals surface area contributed by atoms with E-state index in [1.807, 2.05) is 6.07 Å². The SMILES string of the molecule is CCCCC1CCC(C2CCc3c(ccc(-c4cccc(F)c4F)c3F)C2)CC1. The molecule has 0 saturated heterocycles. The lowest BCUT2D eigenvalue weighted by atomic mass is 9.69. The fourth-order valence-electron chi connectivity index (χ4n) is 5.60. The molecule has 2 aromatic rings. The van der Waals surface area contributed by atoms with Gasteiger partial charge in [-0.1, -0.05) is 63.3 Å². The molecule has 0 aromatic heterocycles. The average molecular weight is 401 g/mol. The first-order valence-corrected chi connectivity index (χ1v) is 11.3. The van der Waals surface area contributed by atoms with Gasteiger partial charge in [-0.15, -0.1) is 0 Å². The number of benzene rings is 2. The molecular weight excluding hydrogens is 369 g/mol. The van der Waals surface area contributed by atoms with Crippen LogP contribution in [0.3, 0.4) is 0 Å². The van der Waals surface area contributed by atoms with Crippen molar-refractivity contribution >= 4 is 0 Å². The Morgan fingerprint density at radius 3 is 2.34 bits per heavy atom. The van der Waals surface area contributed by atoms with Gasteiger partial charge in [0.2, 0.25) is 0 Å². The Balaban J connectivity index is 1.47. The summed E-state index contributed by atoms with van der Waals surface area (Å²) >= 11 is 0. The highest BCUT2D eigenvalue weighted by atomic mass is 19.2. The van der Waals surface area contributed by atoms with E-state index in [4.69, 9.17) is 0 Å². The Hall–Kier alpha value is -1.77. The Morgan fingerprint density at radius 1 is 0.828 bits per heavy atom. The molecule has 0 nitrogen and oxygen atoms in total. The number of hydrogen-bond acceptors (Lipinski definition) is 0. The zero-order chi connectivity index (χ0) is 20.4. The normalized spacial score (nSPS) is 24.3. The number of rotatable bonds is 5. The van der Waals surface area contributed by atoms with Gasteiger partial charge in [0, 0.05) is 11.1 Å². The molecule has 0 bridgehead atoms. The van der Waals surface area contributed by atoms with Crippen molar-refractivity contribution in [2.24, 2.45) is 17.8 Å². The summed E-state index contributed by atoms with van der Waals surface area (Å²) in [6.45, 7) is 2.26. The number of unbranched alkanes of at least 4 members (excludes halogenated alkanes) is 1. The minimum absolute atomic E-state index is 0.0119. The fourth-order valence-corrected chi connectivity index (χ4v) is 5.60. The molecule has 0 aliphatic heterocycles. The van der Waals surface area contributed by atoms with E-state index >= 15 is 4.39 Å². The number of fused-ring (bicyclic) bond motifs is 1. The van der Waals surface area contributed by atoms with Crippen LogP contribution < -0.4 is 0 Å². The van der Waals surface area contributed by atoms with Gasteiger partial charge in [0.15, 0.2) is 11.6 Å². The Kier molecular flexibility index (Phi) is 6.32. The summed E-state index contributed by atoms with van der Waals surface area (Å²) in [7, 11) is 0. The summed E-state index contributed by atoms with van der Waals surface area (Å²) in [5.74, 6) is 0.0151. The molecule has 0 N–H and O–H groups in total. The van der Waals surface area contributed by atoms with Crippen LogP contribution in [0.15, 0.2) is 30.3 Å². The molecule has 1 saturated carbocycles. The van der Waals surface area contributed by atoms with E-state index < -0.39 is 11.6 Å². The summed E-state index contributed by atoms with van der Waals surface area (Å²) in [6.07, 6.45) is 11.9. The Morgan fingerprint density at radius 2 is 1.59 bits per heavy atom. The van der Waals surface area contributed by atoms with Crippen LogP contribution in [0.2, 0.25) is 0 Å². The first-order valence-electron chi connectivity index (χ1n) is 11.3. The van der Waals surface area contributed by atoms with Crippen molar-refractivity contribution < 1.29 is 13.2 Å². The topological polar surface area (TPSA) is 0 Å². The maximum atomic E-state index is 15.2. The smallest absolute Gasteiger partial charge is 0.166 e. The van der Waals surface area contributed by atoms with Crippen LogP contribution in [0.4, 0.5) is 13.2 Å². The zero-order valence-electron chi connectivity index (χ0n) is 17.3. The molecule has 2 aromatic carbocycles. The first-order chi connectivity index (χ1) is 14.1. The molecule has 0 spiro atoms. The van der Waals surface area contributed by atoms with Gasteiger partial charge in [-0.05, 0) is 67.1 Å². The van der Waals surface area contributed by atoms with Gasteiger partial charge < -0.3 is 0 Å². The standard InChI is InChI=1S/C26H31F3/c1-2-3-5-17-8-10-18(11-9-17)19-12-14-21-20(16-19)13-15-23(25(21)28)22-6-4-7-24(27)26(22)29/h4,6-7,13,15,17-19H,2-3,5,8-12,14,16H2,1H3. The third-order valence-corrected chi connectivity index (χ3v) is 7.35. The van der Waals surface area contributed by atoms with Crippen molar-refractivity contribution in [1.29, 1.82) is 0 Å². The van der Waals surface area contributed by atoms with Crippen LogP contribution in [0.1, 0.15) is 69.4 Å². The minimum atomic E-state index is -0.972. The van der Waals surface area contributed by atoms with Crippen LogP contribution in [-0.2, 0) is 12.8 Å². The highest BCUT2D eigenvalue weighted by Crippen LogP contribution is 2.42. The second kappa shape index (κ2) is 8.93. The van der Waals surface area contributed by atoms with Crippen molar-refractivity contribution in [2.75, 3.05) is 0 Å². The lowest BCUT2D eigenvalue weighted by Crippen LogP contribution is -2.27. The highest BCUT2D eigenvalue weighted by Gasteiger charge is 2.31. The van der Waals surface area contributed by atoms with Gasteiger partial charge in [0.25, 0.3) is 0 Å². The monoisotopic (exact) mass is 400 g/mol. The predicted octanol–water partition coefficient (Wildman–Crippen LogP) is 7.87. The predicted molar refractivity (Wildman–Crippen MR) is 112 cm³/mol. The van der Waals surface area contributed by atoms with Gasteiger partial charge in [-0.3, -0.25) is 0 Å². The number of hydrogen-bond donors (Lipinski definition) is 0. The van der Waals surface area contributed by atoms with Crippen LogP contribution in [0.5, 0.6) is 0 Å². The summed E-state index contributed by atoms with van der Waals surface area (Å²) in [6, 6.07) is 7.52. The maximum absolute atomic E-state index is 15.2. The quantitative estimate of drug-likeness (QED) is 0.479. The van der Waals surface area contributed by atoms with Crippen molar-refractivity contribution in [1.82, 2.24) is 0 Å². The maximum Gasteiger partial charge on any atom is 0.166 e. The average Bonchev–Trinajstić information content (AvgIpc) is 2.75. The van der Waals surface area contributed by atoms with E-state index in [2.05, 4.69) is 6.92 Å². The Bertz CT molecular complexity index is 849. The van der Waals surface area contributed by atoms with E-state index in [-0.39, 0.29) is 16.9 Å². The first kappa shape index (κ1) is 20.5. The molecule has 0 heterocycles. The van der Waals surface area contributed by atoms with Gasteiger partial charge in [0.1, 0.15) is 5.82 Å². The second-order valence-electron chi connectivity index (χ2n) is 9.09. The van der Waals surface area contributed by atoms with Crippen molar-refractivity contribution in [3.63, 3.8) is 0 Å². The minimum Gasteiger partial charge on any atom is -0.206 e. The largest absolute Gasteiger partial charge is 0.206 e. The molecular formula is C26H31F3. The third-order valence-electron chi connectivity index (χ3n) is 7.35.